The fourth-order valence-electron chi connectivity index (χ4n) is 3.39. The maximum absolute atomic E-state index is 12.5. The van der Waals surface area contributed by atoms with Crippen molar-refractivity contribution in [2.24, 2.45) is 0 Å². The normalized spacial score (nSPS) is 14.2. The lowest BCUT2D eigenvalue weighted by atomic mass is 10.0. The van der Waals surface area contributed by atoms with Gasteiger partial charge in [-0.15, -0.1) is 0 Å². The number of benzene rings is 2. The van der Waals surface area contributed by atoms with E-state index in [1.807, 2.05) is 12.1 Å². The Morgan fingerprint density at radius 1 is 1.22 bits per heavy atom. The second-order valence-electron chi connectivity index (χ2n) is 6.90. The van der Waals surface area contributed by atoms with Crippen LogP contribution in [0.25, 0.3) is 11.4 Å². The van der Waals surface area contributed by atoms with Crippen molar-refractivity contribution >= 4 is 27.5 Å². The molecule has 1 aliphatic rings. The molecule has 0 radical (unpaired) electrons. The van der Waals surface area contributed by atoms with E-state index >= 15 is 0 Å². The molecular weight excluding hydrogens is 426 g/mol. The van der Waals surface area contributed by atoms with E-state index in [-0.39, 0.29) is 5.56 Å². The Hall–Kier alpha value is -1.95. The van der Waals surface area contributed by atoms with Crippen LogP contribution in [-0.2, 0) is 19.5 Å². The molecule has 0 bridgehead atoms. The minimum Gasteiger partial charge on any atom is -0.306 e. The predicted octanol–water partition coefficient (Wildman–Crippen LogP) is 4.72. The summed E-state index contributed by atoms with van der Waals surface area (Å²) in [6.45, 7) is 4.42. The summed E-state index contributed by atoms with van der Waals surface area (Å²) >= 11 is 9.62. The summed E-state index contributed by atoms with van der Waals surface area (Å²) in [7, 11) is 0. The Balaban J connectivity index is 1.61. The largest absolute Gasteiger partial charge is 0.306 e. The number of aromatic nitrogens is 2. The smallest absolute Gasteiger partial charge is 0.254 e. The molecule has 1 aromatic heterocycles. The van der Waals surface area contributed by atoms with Crippen molar-refractivity contribution in [3.63, 3.8) is 0 Å². The first kappa shape index (κ1) is 18.4. The Morgan fingerprint density at radius 2 is 2.00 bits per heavy atom. The van der Waals surface area contributed by atoms with Gasteiger partial charge in [-0.25, -0.2) is 4.98 Å². The van der Waals surface area contributed by atoms with E-state index in [0.29, 0.717) is 23.8 Å². The Morgan fingerprint density at radius 3 is 2.74 bits per heavy atom. The second-order valence-corrected chi connectivity index (χ2v) is 8.19. The quantitative estimate of drug-likeness (QED) is 0.636. The zero-order valence-corrected chi connectivity index (χ0v) is 17.3. The van der Waals surface area contributed by atoms with Crippen LogP contribution in [0.1, 0.15) is 22.4 Å². The highest BCUT2D eigenvalue weighted by atomic mass is 79.9. The molecular formula is C21H19BrClN3O. The van der Waals surface area contributed by atoms with Crippen molar-refractivity contribution < 1.29 is 0 Å². The number of fused-ring (bicyclic) bond motifs is 1. The molecule has 1 aliphatic heterocycles. The van der Waals surface area contributed by atoms with Crippen molar-refractivity contribution in [2.45, 2.75) is 26.4 Å². The van der Waals surface area contributed by atoms with E-state index in [4.69, 9.17) is 16.6 Å². The molecule has 0 amide bonds. The molecule has 1 N–H and O–H groups in total. The molecule has 0 atom stereocenters. The molecule has 0 aliphatic carbocycles. The van der Waals surface area contributed by atoms with Gasteiger partial charge in [-0.2, -0.15) is 0 Å². The fraction of sp³-hybridized carbons (Fsp3) is 0.238. The number of nitrogens with one attached hydrogen (secondary N) is 1. The van der Waals surface area contributed by atoms with Crippen LogP contribution in [0.4, 0.5) is 0 Å². The first-order valence-electron chi connectivity index (χ1n) is 8.85. The van der Waals surface area contributed by atoms with Crippen LogP contribution in [0.15, 0.2) is 51.7 Å². The Bertz CT molecular complexity index is 1050. The first-order chi connectivity index (χ1) is 13.0. The minimum absolute atomic E-state index is 0.0406. The summed E-state index contributed by atoms with van der Waals surface area (Å²) in [6, 6.07) is 13.8. The van der Waals surface area contributed by atoms with Crippen LogP contribution < -0.4 is 5.56 Å². The summed E-state index contributed by atoms with van der Waals surface area (Å²) in [5.41, 5.74) is 4.95. The van der Waals surface area contributed by atoms with Crippen molar-refractivity contribution in [1.82, 2.24) is 14.9 Å². The van der Waals surface area contributed by atoms with Gasteiger partial charge in [-0.1, -0.05) is 39.7 Å². The van der Waals surface area contributed by atoms with Crippen LogP contribution in [0, 0.1) is 6.92 Å². The van der Waals surface area contributed by atoms with Gasteiger partial charge in [0, 0.05) is 40.3 Å². The van der Waals surface area contributed by atoms with Gasteiger partial charge >= 0.3 is 0 Å². The van der Waals surface area contributed by atoms with Gasteiger partial charge < -0.3 is 4.98 Å². The summed E-state index contributed by atoms with van der Waals surface area (Å²) in [5, 5.41) is 0.661. The molecule has 0 unspecified atom stereocenters. The molecule has 0 spiro atoms. The number of hydrogen-bond donors (Lipinski definition) is 1. The Kier molecular flexibility index (Phi) is 5.17. The average molecular weight is 445 g/mol. The number of nitrogens with zero attached hydrogens (tertiary/aromatic N) is 2. The highest BCUT2D eigenvalue weighted by molar-refractivity contribution is 9.10. The third-order valence-electron chi connectivity index (χ3n) is 4.87. The third kappa shape index (κ3) is 4.00. The van der Waals surface area contributed by atoms with Crippen molar-refractivity contribution in [2.75, 3.05) is 6.54 Å². The zero-order valence-electron chi connectivity index (χ0n) is 14.9. The number of hydrogen-bond acceptors (Lipinski definition) is 3. The first-order valence-corrected chi connectivity index (χ1v) is 10.0. The molecule has 27 heavy (non-hydrogen) atoms. The van der Waals surface area contributed by atoms with Gasteiger partial charge in [0.25, 0.3) is 5.56 Å². The molecule has 3 aromatic rings. The van der Waals surface area contributed by atoms with E-state index in [0.717, 1.165) is 34.4 Å². The summed E-state index contributed by atoms with van der Waals surface area (Å²) < 4.78 is 1.12. The van der Waals surface area contributed by atoms with Crippen molar-refractivity contribution in [1.29, 1.82) is 0 Å². The van der Waals surface area contributed by atoms with Crippen LogP contribution in [0.3, 0.4) is 0 Å². The van der Waals surface area contributed by atoms with E-state index in [2.05, 4.69) is 50.9 Å². The Labute approximate surface area is 171 Å². The van der Waals surface area contributed by atoms with Crippen molar-refractivity contribution in [3.8, 4) is 11.4 Å². The molecule has 6 heteroatoms. The lowest BCUT2D eigenvalue weighted by Gasteiger charge is -2.28. The van der Waals surface area contributed by atoms with E-state index in [9.17, 15) is 4.79 Å². The van der Waals surface area contributed by atoms with Crippen LogP contribution >= 0.6 is 27.5 Å². The standard InChI is InChI=1S/C21H19BrClN3O/c1-13-2-3-15(18(22)10-13)11-26-9-8-17-19(12-26)24-20(25-21(17)27)14-4-6-16(23)7-5-14/h2-7,10H,8-9,11-12H2,1H3,(H,24,25,27). The lowest BCUT2D eigenvalue weighted by Crippen LogP contribution is -2.35. The SMILES string of the molecule is Cc1ccc(CN2CCc3c(nc(-c4ccc(Cl)cc4)[nH]c3=O)C2)c(Br)c1. The average Bonchev–Trinajstić information content (AvgIpc) is 2.64. The highest BCUT2D eigenvalue weighted by Gasteiger charge is 2.22. The van der Waals surface area contributed by atoms with Gasteiger partial charge in [0.1, 0.15) is 5.82 Å². The van der Waals surface area contributed by atoms with E-state index in [1.165, 1.54) is 11.1 Å². The number of halogens is 2. The molecule has 4 nitrogen and oxygen atoms in total. The van der Waals surface area contributed by atoms with Crippen LogP contribution in [-0.4, -0.2) is 21.4 Å². The highest BCUT2D eigenvalue weighted by Crippen LogP contribution is 2.24. The number of rotatable bonds is 3. The molecule has 0 saturated carbocycles. The number of H-pyrrole nitrogens is 1. The fourth-order valence-corrected chi connectivity index (χ4v) is 4.14. The van der Waals surface area contributed by atoms with Crippen molar-refractivity contribution in [3.05, 3.63) is 84.7 Å². The van der Waals surface area contributed by atoms with Gasteiger partial charge in [-0.3, -0.25) is 9.69 Å². The topological polar surface area (TPSA) is 49.0 Å². The number of aromatic amines is 1. The van der Waals surface area contributed by atoms with Gasteiger partial charge in [0.05, 0.1) is 5.69 Å². The molecule has 4 rings (SSSR count). The zero-order chi connectivity index (χ0) is 19.0. The second kappa shape index (κ2) is 7.58. The predicted molar refractivity (Wildman–Crippen MR) is 112 cm³/mol. The molecule has 2 heterocycles. The summed E-state index contributed by atoms with van der Waals surface area (Å²) in [4.78, 5) is 22.5. The third-order valence-corrected chi connectivity index (χ3v) is 5.86. The summed E-state index contributed by atoms with van der Waals surface area (Å²) in [6.07, 6.45) is 0.710. The lowest BCUT2D eigenvalue weighted by molar-refractivity contribution is 0.240. The van der Waals surface area contributed by atoms with E-state index < -0.39 is 0 Å². The molecule has 138 valence electrons. The van der Waals surface area contributed by atoms with Crippen LogP contribution in [0.5, 0.6) is 0 Å². The minimum atomic E-state index is -0.0406. The number of aryl methyl sites for hydroxylation is 1. The summed E-state index contributed by atoms with van der Waals surface area (Å²) in [5.74, 6) is 0.591. The molecule has 2 aromatic carbocycles. The van der Waals surface area contributed by atoms with E-state index in [1.54, 1.807) is 12.1 Å². The van der Waals surface area contributed by atoms with Gasteiger partial charge in [-0.05, 0) is 54.8 Å². The monoisotopic (exact) mass is 443 g/mol. The molecule has 0 saturated heterocycles. The van der Waals surface area contributed by atoms with Crippen LogP contribution in [0.2, 0.25) is 5.02 Å². The van der Waals surface area contributed by atoms with Gasteiger partial charge in [0.15, 0.2) is 0 Å². The maximum Gasteiger partial charge on any atom is 0.254 e. The molecule has 0 fully saturated rings. The maximum atomic E-state index is 12.5. The van der Waals surface area contributed by atoms with Gasteiger partial charge in [0.2, 0.25) is 0 Å².